The van der Waals surface area contributed by atoms with Gasteiger partial charge in [-0.3, -0.25) is 4.79 Å². The number of benzene rings is 1. The molecule has 110 valence electrons. The highest BCUT2D eigenvalue weighted by Crippen LogP contribution is 2.15. The largest absolute Gasteiger partial charge is 0.341 e. The minimum Gasteiger partial charge on any atom is -0.341 e. The Morgan fingerprint density at radius 2 is 2.15 bits per heavy atom. The van der Waals surface area contributed by atoms with E-state index < -0.39 is 0 Å². The molecular formula is C17H26N2O. The van der Waals surface area contributed by atoms with E-state index in [0.29, 0.717) is 12.5 Å². The van der Waals surface area contributed by atoms with Crippen LogP contribution in [-0.2, 0) is 11.2 Å². The van der Waals surface area contributed by atoms with Crippen molar-refractivity contribution in [1.29, 1.82) is 0 Å². The molecule has 1 N–H and O–H groups in total. The molecule has 1 atom stereocenters. The maximum absolute atomic E-state index is 12.0. The first kappa shape index (κ1) is 15.0. The summed E-state index contributed by atoms with van der Waals surface area (Å²) >= 11 is 0. The molecule has 0 aliphatic carbocycles. The van der Waals surface area contributed by atoms with Gasteiger partial charge in [-0.25, -0.2) is 0 Å². The highest BCUT2D eigenvalue weighted by Gasteiger charge is 2.20. The Kier molecular flexibility index (Phi) is 6.06. The zero-order chi connectivity index (χ0) is 14.2. The van der Waals surface area contributed by atoms with E-state index in [1.165, 1.54) is 12.0 Å². The van der Waals surface area contributed by atoms with Crippen LogP contribution in [0.15, 0.2) is 30.3 Å². The van der Waals surface area contributed by atoms with E-state index in [9.17, 15) is 4.79 Å². The SMILES string of the molecule is CC1CCCN(C(=O)CNCCCc2ccccc2)C1. The Morgan fingerprint density at radius 1 is 1.35 bits per heavy atom. The summed E-state index contributed by atoms with van der Waals surface area (Å²) < 4.78 is 0. The number of amides is 1. The van der Waals surface area contributed by atoms with E-state index in [0.717, 1.165) is 38.9 Å². The van der Waals surface area contributed by atoms with Crippen molar-refractivity contribution >= 4 is 5.91 Å². The van der Waals surface area contributed by atoms with E-state index >= 15 is 0 Å². The maximum atomic E-state index is 12.0. The number of aryl methyl sites for hydroxylation is 1. The molecule has 0 spiro atoms. The zero-order valence-electron chi connectivity index (χ0n) is 12.5. The summed E-state index contributed by atoms with van der Waals surface area (Å²) in [6, 6.07) is 10.5. The van der Waals surface area contributed by atoms with Gasteiger partial charge in [0.2, 0.25) is 5.91 Å². The lowest BCUT2D eigenvalue weighted by Gasteiger charge is -2.31. The van der Waals surface area contributed by atoms with Crippen LogP contribution in [0.1, 0.15) is 31.7 Å². The van der Waals surface area contributed by atoms with E-state index in [1.807, 2.05) is 11.0 Å². The Labute approximate surface area is 122 Å². The summed E-state index contributed by atoms with van der Waals surface area (Å²) in [6.45, 7) is 5.50. The molecule has 1 unspecified atom stereocenters. The third-order valence-electron chi connectivity index (χ3n) is 3.95. The Hall–Kier alpha value is -1.35. The molecule has 1 saturated heterocycles. The molecule has 1 amide bonds. The Bertz CT molecular complexity index is 405. The molecule has 2 rings (SSSR count). The average Bonchev–Trinajstić information content (AvgIpc) is 2.48. The molecule has 1 heterocycles. The summed E-state index contributed by atoms with van der Waals surface area (Å²) in [6.07, 6.45) is 4.56. The second kappa shape index (κ2) is 8.05. The third kappa shape index (κ3) is 4.97. The maximum Gasteiger partial charge on any atom is 0.236 e. The topological polar surface area (TPSA) is 32.3 Å². The number of rotatable bonds is 6. The fourth-order valence-corrected chi connectivity index (χ4v) is 2.79. The molecule has 1 fully saturated rings. The van der Waals surface area contributed by atoms with Crippen molar-refractivity contribution in [1.82, 2.24) is 10.2 Å². The monoisotopic (exact) mass is 274 g/mol. The Morgan fingerprint density at radius 3 is 2.90 bits per heavy atom. The fraction of sp³-hybridized carbons (Fsp3) is 0.588. The fourth-order valence-electron chi connectivity index (χ4n) is 2.79. The normalized spacial score (nSPS) is 19.1. The first-order chi connectivity index (χ1) is 9.75. The summed E-state index contributed by atoms with van der Waals surface area (Å²) in [5.41, 5.74) is 1.37. The quantitative estimate of drug-likeness (QED) is 0.808. The van der Waals surface area contributed by atoms with E-state index in [-0.39, 0.29) is 5.91 Å². The minimum absolute atomic E-state index is 0.260. The van der Waals surface area contributed by atoms with Crippen molar-refractivity contribution in [2.45, 2.75) is 32.6 Å². The summed E-state index contributed by atoms with van der Waals surface area (Å²) in [5.74, 6) is 0.919. The van der Waals surface area contributed by atoms with Crippen LogP contribution in [-0.4, -0.2) is 37.0 Å². The van der Waals surface area contributed by atoms with Gasteiger partial charge in [-0.2, -0.15) is 0 Å². The number of piperidine rings is 1. The predicted octanol–water partition coefficient (Wildman–Crippen LogP) is 2.47. The van der Waals surface area contributed by atoms with E-state index in [2.05, 4.69) is 36.5 Å². The molecule has 3 heteroatoms. The van der Waals surface area contributed by atoms with Crippen LogP contribution in [0.3, 0.4) is 0 Å². The number of nitrogens with one attached hydrogen (secondary N) is 1. The molecule has 0 saturated carbocycles. The lowest BCUT2D eigenvalue weighted by Crippen LogP contribution is -2.43. The van der Waals surface area contributed by atoms with Crippen molar-refractivity contribution in [3.05, 3.63) is 35.9 Å². The first-order valence-electron chi connectivity index (χ1n) is 7.78. The smallest absolute Gasteiger partial charge is 0.236 e. The molecule has 20 heavy (non-hydrogen) atoms. The highest BCUT2D eigenvalue weighted by molar-refractivity contribution is 5.78. The van der Waals surface area contributed by atoms with Crippen LogP contribution in [0, 0.1) is 5.92 Å². The van der Waals surface area contributed by atoms with Gasteiger partial charge in [0.05, 0.1) is 6.54 Å². The van der Waals surface area contributed by atoms with Gasteiger partial charge in [0, 0.05) is 13.1 Å². The van der Waals surface area contributed by atoms with Crippen LogP contribution in [0.4, 0.5) is 0 Å². The van der Waals surface area contributed by atoms with Crippen molar-refractivity contribution < 1.29 is 4.79 Å². The van der Waals surface area contributed by atoms with Crippen molar-refractivity contribution in [3.63, 3.8) is 0 Å². The molecule has 1 aromatic rings. The highest BCUT2D eigenvalue weighted by atomic mass is 16.2. The van der Waals surface area contributed by atoms with Crippen LogP contribution < -0.4 is 5.32 Å². The zero-order valence-corrected chi connectivity index (χ0v) is 12.5. The molecule has 1 aromatic carbocycles. The van der Waals surface area contributed by atoms with Crippen LogP contribution in [0.25, 0.3) is 0 Å². The second-order valence-electron chi connectivity index (χ2n) is 5.85. The van der Waals surface area contributed by atoms with E-state index in [4.69, 9.17) is 0 Å². The minimum atomic E-state index is 0.260. The van der Waals surface area contributed by atoms with Gasteiger partial charge >= 0.3 is 0 Å². The van der Waals surface area contributed by atoms with Gasteiger partial charge in [0.15, 0.2) is 0 Å². The predicted molar refractivity (Wildman–Crippen MR) is 82.6 cm³/mol. The Balaban J connectivity index is 1.57. The summed E-state index contributed by atoms with van der Waals surface area (Å²) in [5, 5.41) is 3.28. The molecule has 1 aliphatic heterocycles. The van der Waals surface area contributed by atoms with Gasteiger partial charge in [0.1, 0.15) is 0 Å². The van der Waals surface area contributed by atoms with Gasteiger partial charge in [-0.15, -0.1) is 0 Å². The van der Waals surface area contributed by atoms with Gasteiger partial charge < -0.3 is 10.2 Å². The van der Waals surface area contributed by atoms with Crippen LogP contribution >= 0.6 is 0 Å². The van der Waals surface area contributed by atoms with Crippen LogP contribution in [0.2, 0.25) is 0 Å². The van der Waals surface area contributed by atoms with Gasteiger partial charge in [-0.1, -0.05) is 37.3 Å². The van der Waals surface area contributed by atoms with Crippen molar-refractivity contribution in [2.75, 3.05) is 26.2 Å². The number of carbonyl (C=O) groups is 1. The average molecular weight is 274 g/mol. The number of likely N-dealkylation sites (tertiary alicyclic amines) is 1. The number of hydrogen-bond acceptors (Lipinski definition) is 2. The molecular weight excluding hydrogens is 248 g/mol. The standard InChI is InChI=1S/C17H26N2O/c1-15-7-6-12-19(14-15)17(20)13-18-11-5-10-16-8-3-2-4-9-16/h2-4,8-9,15,18H,5-7,10-14H2,1H3. The molecule has 0 aromatic heterocycles. The third-order valence-corrected chi connectivity index (χ3v) is 3.95. The van der Waals surface area contributed by atoms with Crippen molar-refractivity contribution in [2.24, 2.45) is 5.92 Å². The summed E-state index contributed by atoms with van der Waals surface area (Å²) in [4.78, 5) is 14.1. The van der Waals surface area contributed by atoms with Gasteiger partial charge in [0.25, 0.3) is 0 Å². The summed E-state index contributed by atoms with van der Waals surface area (Å²) in [7, 11) is 0. The second-order valence-corrected chi connectivity index (χ2v) is 5.85. The molecule has 0 radical (unpaired) electrons. The lowest BCUT2D eigenvalue weighted by atomic mass is 10.0. The molecule has 1 aliphatic rings. The van der Waals surface area contributed by atoms with Crippen LogP contribution in [0.5, 0.6) is 0 Å². The number of carbonyl (C=O) groups excluding carboxylic acids is 1. The number of hydrogen-bond donors (Lipinski definition) is 1. The first-order valence-corrected chi connectivity index (χ1v) is 7.78. The van der Waals surface area contributed by atoms with E-state index in [1.54, 1.807) is 0 Å². The molecule has 0 bridgehead atoms. The van der Waals surface area contributed by atoms with Crippen molar-refractivity contribution in [3.8, 4) is 0 Å². The number of nitrogens with zero attached hydrogens (tertiary/aromatic N) is 1. The lowest BCUT2D eigenvalue weighted by molar-refractivity contribution is -0.131. The molecule has 3 nitrogen and oxygen atoms in total. The van der Waals surface area contributed by atoms with Gasteiger partial charge in [-0.05, 0) is 43.7 Å².